The zero-order chi connectivity index (χ0) is 62.6. The van der Waals surface area contributed by atoms with Crippen LogP contribution in [0.3, 0.4) is 0 Å². The lowest BCUT2D eigenvalue weighted by Crippen LogP contribution is -2.45. The van der Waals surface area contributed by atoms with Crippen molar-refractivity contribution in [3.63, 3.8) is 0 Å². The summed E-state index contributed by atoms with van der Waals surface area (Å²) in [6.45, 7) is 4.70. The highest BCUT2D eigenvalue weighted by Crippen LogP contribution is 2.38. The second-order valence-electron chi connectivity index (χ2n) is 28.1. The number of hydrogen-bond donors (Lipinski definition) is 2. The molecule has 0 aliphatic rings. The molecule has 1 amide bonds. The first kappa shape index (κ1) is 85.0. The van der Waals surface area contributed by atoms with E-state index in [4.69, 9.17) is 9.05 Å². The van der Waals surface area contributed by atoms with Gasteiger partial charge in [0.1, 0.15) is 13.2 Å². The Morgan fingerprint density at radius 2 is 0.651 bits per heavy atom. The zero-order valence-corrected chi connectivity index (χ0v) is 59.7. The van der Waals surface area contributed by atoms with E-state index in [1.165, 1.54) is 353 Å². The van der Waals surface area contributed by atoms with Gasteiger partial charge >= 0.3 is 0 Å². The minimum Gasteiger partial charge on any atom is -0.756 e. The zero-order valence-electron chi connectivity index (χ0n) is 58.8. The molecule has 0 aromatic carbocycles. The maximum Gasteiger partial charge on any atom is 0.268 e. The molecule has 0 bridgehead atoms. The van der Waals surface area contributed by atoms with Gasteiger partial charge in [0.25, 0.3) is 7.82 Å². The third kappa shape index (κ3) is 70.4. The first-order valence-corrected chi connectivity index (χ1v) is 40.2. The number of carbonyl (C=O) groups excluding carboxylic acids is 1. The van der Waals surface area contributed by atoms with Crippen molar-refractivity contribution in [3.05, 3.63) is 24.3 Å². The standard InChI is InChI=1S/C77H153N2O6P/c1-6-8-10-12-14-16-18-20-22-24-26-28-30-32-34-35-36-37-38-39-40-41-42-43-44-45-47-49-51-53-55-57-59-61-63-65-67-69-71-77(81)78-75(74-85-86(82,83)84-73-72-79(3,4)5)76(80)70-68-66-64-62-60-58-56-54-52-50-48-46-33-31-29-27-25-23-21-19-17-15-13-11-9-7-2/h60,62,68,70,75-76,80H,6-59,61,63-67,69,71-74H2,1-5H3,(H-,78,81,82,83)/b62-60+,70-68+. The Morgan fingerprint density at radius 1 is 0.395 bits per heavy atom. The van der Waals surface area contributed by atoms with Gasteiger partial charge in [0.15, 0.2) is 0 Å². The smallest absolute Gasteiger partial charge is 0.268 e. The Balaban J connectivity index is 3.95. The predicted octanol–water partition coefficient (Wildman–Crippen LogP) is 24.4. The van der Waals surface area contributed by atoms with Gasteiger partial charge in [-0.25, -0.2) is 0 Å². The summed E-state index contributed by atoms with van der Waals surface area (Å²) in [5.41, 5.74) is 0. The first-order chi connectivity index (χ1) is 42.0. The summed E-state index contributed by atoms with van der Waals surface area (Å²) in [5.74, 6) is -0.197. The normalized spacial score (nSPS) is 13.6. The van der Waals surface area contributed by atoms with Crippen LogP contribution in [0.15, 0.2) is 24.3 Å². The van der Waals surface area contributed by atoms with Gasteiger partial charge < -0.3 is 28.8 Å². The van der Waals surface area contributed by atoms with Crippen molar-refractivity contribution < 1.29 is 32.9 Å². The molecule has 9 heteroatoms. The van der Waals surface area contributed by atoms with E-state index in [0.29, 0.717) is 17.4 Å². The van der Waals surface area contributed by atoms with Crippen LogP contribution < -0.4 is 10.2 Å². The van der Waals surface area contributed by atoms with Crippen LogP contribution in [-0.4, -0.2) is 68.5 Å². The van der Waals surface area contributed by atoms with Gasteiger partial charge in [-0.05, 0) is 32.1 Å². The third-order valence-corrected chi connectivity index (χ3v) is 19.1. The lowest BCUT2D eigenvalue weighted by Gasteiger charge is -2.29. The minimum absolute atomic E-state index is 0.00333. The number of aliphatic hydroxyl groups is 1. The fourth-order valence-corrected chi connectivity index (χ4v) is 12.9. The van der Waals surface area contributed by atoms with Gasteiger partial charge in [0.05, 0.1) is 39.9 Å². The number of phosphoric acid groups is 1. The molecule has 0 spiro atoms. The summed E-state index contributed by atoms with van der Waals surface area (Å²) in [6.07, 6.45) is 90.7. The molecule has 8 nitrogen and oxygen atoms in total. The number of phosphoric ester groups is 1. The van der Waals surface area contributed by atoms with Crippen molar-refractivity contribution in [2.75, 3.05) is 40.9 Å². The van der Waals surface area contributed by atoms with Crippen molar-refractivity contribution in [3.8, 4) is 0 Å². The van der Waals surface area contributed by atoms with Crippen LogP contribution in [0.25, 0.3) is 0 Å². The predicted molar refractivity (Wildman–Crippen MR) is 376 cm³/mol. The van der Waals surface area contributed by atoms with Crippen LogP contribution >= 0.6 is 7.82 Å². The molecule has 86 heavy (non-hydrogen) atoms. The Bertz CT molecular complexity index is 1450. The average Bonchev–Trinajstić information content (AvgIpc) is 3.70. The Morgan fingerprint density at radius 3 is 0.942 bits per heavy atom. The summed E-state index contributed by atoms with van der Waals surface area (Å²) < 4.78 is 23.5. The maximum absolute atomic E-state index is 13.1. The van der Waals surface area contributed by atoms with Crippen molar-refractivity contribution in [2.45, 2.75) is 424 Å². The third-order valence-electron chi connectivity index (χ3n) is 18.2. The van der Waals surface area contributed by atoms with Crippen LogP contribution in [0, 0.1) is 0 Å². The summed E-state index contributed by atoms with van der Waals surface area (Å²) in [7, 11) is 1.27. The van der Waals surface area contributed by atoms with E-state index in [2.05, 4.69) is 31.3 Å². The van der Waals surface area contributed by atoms with Gasteiger partial charge in [-0.1, -0.05) is 398 Å². The highest BCUT2D eigenvalue weighted by Gasteiger charge is 2.23. The molecule has 0 saturated carbocycles. The second-order valence-corrected chi connectivity index (χ2v) is 29.5. The van der Waals surface area contributed by atoms with Crippen LogP contribution in [0.1, 0.15) is 412 Å². The number of rotatable bonds is 73. The average molecular weight is 1230 g/mol. The number of nitrogens with one attached hydrogen (secondary N) is 1. The highest BCUT2D eigenvalue weighted by molar-refractivity contribution is 7.45. The number of amides is 1. The fourth-order valence-electron chi connectivity index (χ4n) is 12.2. The van der Waals surface area contributed by atoms with E-state index in [0.717, 1.165) is 38.5 Å². The van der Waals surface area contributed by atoms with Crippen molar-refractivity contribution >= 4 is 13.7 Å². The minimum atomic E-state index is -4.61. The van der Waals surface area contributed by atoms with E-state index < -0.39 is 20.0 Å². The first-order valence-electron chi connectivity index (χ1n) is 38.7. The number of quaternary nitrogens is 1. The molecule has 0 aromatic heterocycles. The largest absolute Gasteiger partial charge is 0.756 e. The number of likely N-dealkylation sites (N-methyl/N-ethyl adjacent to an activating group) is 1. The van der Waals surface area contributed by atoms with E-state index in [1.54, 1.807) is 6.08 Å². The molecule has 512 valence electrons. The molecule has 0 aliphatic heterocycles. The lowest BCUT2D eigenvalue weighted by molar-refractivity contribution is -0.870. The molecule has 3 unspecified atom stereocenters. The van der Waals surface area contributed by atoms with Gasteiger partial charge in [0, 0.05) is 6.42 Å². The maximum atomic E-state index is 13.1. The summed E-state index contributed by atoms with van der Waals surface area (Å²) in [6, 6.07) is -0.902. The van der Waals surface area contributed by atoms with Crippen LogP contribution in [-0.2, 0) is 18.4 Å². The molecule has 2 N–H and O–H groups in total. The van der Waals surface area contributed by atoms with Crippen LogP contribution in [0.2, 0.25) is 0 Å². The number of hydrogen-bond acceptors (Lipinski definition) is 6. The number of unbranched alkanes of at least 4 members (excludes halogenated alkanes) is 58. The molecular formula is C77H153N2O6P. The number of carbonyl (C=O) groups is 1. The van der Waals surface area contributed by atoms with E-state index >= 15 is 0 Å². The summed E-state index contributed by atoms with van der Waals surface area (Å²) in [5, 5.41) is 14.0. The highest BCUT2D eigenvalue weighted by atomic mass is 31.2. The van der Waals surface area contributed by atoms with Crippen LogP contribution in [0.4, 0.5) is 0 Å². The molecule has 0 heterocycles. The van der Waals surface area contributed by atoms with E-state index in [-0.39, 0.29) is 19.1 Å². The van der Waals surface area contributed by atoms with Crippen molar-refractivity contribution in [2.24, 2.45) is 0 Å². The molecular weight excluding hydrogens is 1080 g/mol. The number of nitrogens with zero attached hydrogens (tertiary/aromatic N) is 1. The topological polar surface area (TPSA) is 108 Å². The van der Waals surface area contributed by atoms with Gasteiger partial charge in [-0.15, -0.1) is 0 Å². The molecule has 0 radical (unpaired) electrons. The molecule has 0 aromatic rings. The Kier molecular flexibility index (Phi) is 67.5. The summed E-state index contributed by atoms with van der Waals surface area (Å²) >= 11 is 0. The molecule has 0 fully saturated rings. The van der Waals surface area contributed by atoms with Gasteiger partial charge in [-0.2, -0.15) is 0 Å². The molecule has 0 saturated heterocycles. The number of allylic oxidation sites excluding steroid dienone is 3. The summed E-state index contributed by atoms with van der Waals surface area (Å²) in [4.78, 5) is 25.7. The Labute approximate surface area is 538 Å². The van der Waals surface area contributed by atoms with E-state index in [1.807, 2.05) is 27.2 Å². The van der Waals surface area contributed by atoms with E-state index in [9.17, 15) is 19.4 Å². The SMILES string of the molecule is CCCCCCCCCCCCCCCCCCCCCC/C=C/CC/C=C/C(O)C(COP(=O)([O-])OCC[N+](C)(C)C)NC(=O)CCCCCCCCCCCCCCCCCCCCCCCCCCCCCCCCCCCCCCCC. The van der Waals surface area contributed by atoms with Crippen LogP contribution in [0.5, 0.6) is 0 Å². The van der Waals surface area contributed by atoms with Crippen molar-refractivity contribution in [1.29, 1.82) is 0 Å². The molecule has 0 aliphatic carbocycles. The quantitative estimate of drug-likeness (QED) is 0.0272. The van der Waals surface area contributed by atoms with Gasteiger partial charge in [0.2, 0.25) is 5.91 Å². The Hall–Kier alpha value is -1.02. The number of aliphatic hydroxyl groups excluding tert-OH is 1. The lowest BCUT2D eigenvalue weighted by atomic mass is 10.0. The van der Waals surface area contributed by atoms with Crippen molar-refractivity contribution in [1.82, 2.24) is 5.32 Å². The monoisotopic (exact) mass is 1230 g/mol. The fraction of sp³-hybridized carbons (Fsp3) is 0.935. The second kappa shape index (κ2) is 68.3. The molecule has 0 rings (SSSR count). The van der Waals surface area contributed by atoms with Gasteiger partial charge in [-0.3, -0.25) is 9.36 Å². The molecule has 3 atom stereocenters.